The highest BCUT2D eigenvalue weighted by Gasteiger charge is 2.17. The number of carbonyl (C=O) groups is 1. The van der Waals surface area contributed by atoms with Crippen LogP contribution in [0, 0.1) is 12.7 Å². The third kappa shape index (κ3) is 2.45. The van der Waals surface area contributed by atoms with Crippen molar-refractivity contribution in [3.05, 3.63) is 52.9 Å². The maximum absolute atomic E-state index is 14.0. The number of pyridine rings is 1. The third-order valence-electron chi connectivity index (χ3n) is 3.10. The van der Waals surface area contributed by atoms with Gasteiger partial charge in [0.15, 0.2) is 0 Å². The van der Waals surface area contributed by atoms with E-state index in [4.69, 9.17) is 5.73 Å². The summed E-state index contributed by atoms with van der Waals surface area (Å²) in [5, 5.41) is 3.71. The van der Waals surface area contributed by atoms with E-state index >= 15 is 0 Å². The number of aryl methyl sites for hydroxylation is 1. The predicted molar refractivity (Wildman–Crippen MR) is 82.6 cm³/mol. The molecule has 4 nitrogen and oxygen atoms in total. The van der Waals surface area contributed by atoms with Crippen molar-refractivity contribution in [2.75, 3.05) is 5.32 Å². The third-order valence-corrected chi connectivity index (χ3v) is 4.28. The largest absolute Gasteiger partial charge is 0.365 e. The average Bonchev–Trinajstić information content (AvgIpc) is 2.81. The summed E-state index contributed by atoms with van der Waals surface area (Å²) in [6, 6.07) is 6.65. The molecule has 1 amide bonds. The number of rotatable bonds is 3. The minimum absolute atomic E-state index is 0.298. The van der Waals surface area contributed by atoms with Crippen molar-refractivity contribution in [2.24, 2.45) is 5.73 Å². The molecule has 106 valence electrons. The van der Waals surface area contributed by atoms with E-state index in [1.807, 2.05) is 6.92 Å². The minimum Gasteiger partial charge on any atom is -0.365 e. The first-order chi connectivity index (χ1) is 10.1. The van der Waals surface area contributed by atoms with Gasteiger partial charge >= 0.3 is 0 Å². The molecule has 0 fully saturated rings. The predicted octanol–water partition coefficient (Wildman–Crippen LogP) is 3.59. The number of nitrogens with two attached hydrogens (primary N) is 1. The van der Waals surface area contributed by atoms with Crippen LogP contribution in [0.2, 0.25) is 0 Å². The highest BCUT2D eigenvalue weighted by atomic mass is 32.1. The number of aromatic nitrogens is 1. The molecule has 0 radical (unpaired) electrons. The van der Waals surface area contributed by atoms with Crippen molar-refractivity contribution in [3.8, 4) is 0 Å². The molecule has 0 aliphatic heterocycles. The summed E-state index contributed by atoms with van der Waals surface area (Å²) >= 11 is 1.26. The Kier molecular flexibility index (Phi) is 3.31. The molecule has 3 aromatic rings. The van der Waals surface area contributed by atoms with Gasteiger partial charge in [-0.25, -0.2) is 4.39 Å². The molecule has 0 aliphatic rings. The van der Waals surface area contributed by atoms with Crippen LogP contribution in [0.3, 0.4) is 0 Å². The molecule has 6 heteroatoms. The number of thiophene rings is 1. The lowest BCUT2D eigenvalue weighted by Crippen LogP contribution is -2.11. The summed E-state index contributed by atoms with van der Waals surface area (Å²) in [5.74, 6) is -0.931. The summed E-state index contributed by atoms with van der Waals surface area (Å²) in [6.45, 7) is 1.81. The van der Waals surface area contributed by atoms with Crippen molar-refractivity contribution < 1.29 is 9.18 Å². The van der Waals surface area contributed by atoms with E-state index in [9.17, 15) is 9.18 Å². The zero-order chi connectivity index (χ0) is 15.0. The van der Waals surface area contributed by atoms with Gasteiger partial charge in [-0.2, -0.15) is 0 Å². The van der Waals surface area contributed by atoms with E-state index in [0.717, 1.165) is 15.6 Å². The Bertz CT molecular complexity index is 844. The average molecular weight is 301 g/mol. The summed E-state index contributed by atoms with van der Waals surface area (Å²) in [5.41, 5.74) is 7.03. The van der Waals surface area contributed by atoms with E-state index in [1.54, 1.807) is 30.6 Å². The van der Waals surface area contributed by atoms with Gasteiger partial charge in [-0.3, -0.25) is 9.78 Å². The van der Waals surface area contributed by atoms with Crippen LogP contribution in [-0.4, -0.2) is 10.9 Å². The lowest BCUT2D eigenvalue weighted by molar-refractivity contribution is 0.100. The number of nitrogens with one attached hydrogen (secondary N) is 1. The van der Waals surface area contributed by atoms with Crippen LogP contribution in [0.1, 0.15) is 15.2 Å². The number of hydrogen-bond donors (Lipinski definition) is 2. The fourth-order valence-corrected chi connectivity index (χ4v) is 3.07. The molecule has 0 spiro atoms. The Morgan fingerprint density at radius 2 is 2.19 bits per heavy atom. The molecule has 0 bridgehead atoms. The lowest BCUT2D eigenvalue weighted by Gasteiger charge is -2.08. The van der Waals surface area contributed by atoms with Gasteiger partial charge in [0.1, 0.15) is 10.7 Å². The molecule has 0 aliphatic carbocycles. The number of anilines is 2. The van der Waals surface area contributed by atoms with Crippen molar-refractivity contribution in [3.63, 3.8) is 0 Å². The van der Waals surface area contributed by atoms with Crippen LogP contribution in [0.5, 0.6) is 0 Å². The second-order valence-electron chi connectivity index (χ2n) is 4.65. The first-order valence-corrected chi connectivity index (χ1v) is 7.07. The molecule has 3 N–H and O–H groups in total. The normalized spacial score (nSPS) is 10.8. The number of halogens is 1. The maximum Gasteiger partial charge on any atom is 0.260 e. The number of nitrogens with zero attached hydrogens (tertiary/aromatic N) is 1. The van der Waals surface area contributed by atoms with Gasteiger partial charge in [0.25, 0.3) is 5.91 Å². The Morgan fingerprint density at radius 3 is 2.90 bits per heavy atom. The zero-order valence-corrected chi connectivity index (χ0v) is 12.0. The second-order valence-corrected chi connectivity index (χ2v) is 5.70. The summed E-state index contributed by atoms with van der Waals surface area (Å²) in [4.78, 5) is 16.0. The van der Waals surface area contributed by atoms with Crippen molar-refractivity contribution in [1.82, 2.24) is 4.98 Å². The maximum atomic E-state index is 14.0. The SMILES string of the molecule is Cc1ccc(Nc2c(C(N)=O)sc3ccncc23)c(F)c1. The van der Waals surface area contributed by atoms with Gasteiger partial charge in [-0.15, -0.1) is 11.3 Å². The van der Waals surface area contributed by atoms with Gasteiger partial charge in [0, 0.05) is 22.5 Å². The molecular formula is C15H12FN3OS. The molecule has 1 aromatic carbocycles. The minimum atomic E-state index is -0.550. The molecule has 0 unspecified atom stereocenters. The monoisotopic (exact) mass is 301 g/mol. The fourth-order valence-electron chi connectivity index (χ4n) is 2.10. The summed E-state index contributed by atoms with van der Waals surface area (Å²) in [7, 11) is 0. The fraction of sp³-hybridized carbons (Fsp3) is 0.0667. The van der Waals surface area contributed by atoms with Gasteiger partial charge in [0.05, 0.1) is 11.4 Å². The van der Waals surface area contributed by atoms with Crippen molar-refractivity contribution >= 4 is 38.7 Å². The standard InChI is InChI=1S/C15H12FN3OS/c1-8-2-3-11(10(16)6-8)19-13-9-7-18-5-4-12(9)21-14(13)15(17)20/h2-7,19H,1H3,(H2,17,20). The highest BCUT2D eigenvalue weighted by Crippen LogP contribution is 2.37. The Hall–Kier alpha value is -2.47. The van der Waals surface area contributed by atoms with Crippen molar-refractivity contribution in [2.45, 2.75) is 6.92 Å². The number of hydrogen-bond acceptors (Lipinski definition) is 4. The number of amides is 1. The number of primary amides is 1. The molecular weight excluding hydrogens is 289 g/mol. The van der Waals surface area contributed by atoms with Gasteiger partial charge in [0.2, 0.25) is 0 Å². The van der Waals surface area contributed by atoms with E-state index in [1.165, 1.54) is 17.4 Å². The van der Waals surface area contributed by atoms with Crippen LogP contribution >= 0.6 is 11.3 Å². The van der Waals surface area contributed by atoms with Crippen LogP contribution in [0.15, 0.2) is 36.7 Å². The number of fused-ring (bicyclic) bond motifs is 1. The Morgan fingerprint density at radius 1 is 1.38 bits per heavy atom. The van der Waals surface area contributed by atoms with E-state index in [2.05, 4.69) is 10.3 Å². The smallest absolute Gasteiger partial charge is 0.260 e. The molecule has 2 heterocycles. The van der Waals surface area contributed by atoms with E-state index in [0.29, 0.717) is 16.3 Å². The summed E-state index contributed by atoms with van der Waals surface area (Å²) in [6.07, 6.45) is 3.27. The topological polar surface area (TPSA) is 68.0 Å². The van der Waals surface area contributed by atoms with Crippen LogP contribution in [-0.2, 0) is 0 Å². The van der Waals surface area contributed by atoms with Crippen molar-refractivity contribution in [1.29, 1.82) is 0 Å². The zero-order valence-electron chi connectivity index (χ0n) is 11.2. The van der Waals surface area contributed by atoms with Gasteiger partial charge in [-0.05, 0) is 30.7 Å². The second kappa shape index (κ2) is 5.14. The molecule has 0 saturated carbocycles. The molecule has 3 rings (SSSR count). The molecule has 0 saturated heterocycles. The Labute approximate surface area is 124 Å². The summed E-state index contributed by atoms with van der Waals surface area (Å²) < 4.78 is 14.9. The molecule has 0 atom stereocenters. The molecule has 2 aromatic heterocycles. The van der Waals surface area contributed by atoms with Gasteiger partial charge in [-0.1, -0.05) is 6.07 Å². The number of carbonyl (C=O) groups excluding carboxylic acids is 1. The lowest BCUT2D eigenvalue weighted by atomic mass is 10.2. The number of benzene rings is 1. The quantitative estimate of drug-likeness (QED) is 0.777. The first-order valence-electron chi connectivity index (χ1n) is 6.26. The Balaban J connectivity index is 2.14. The van der Waals surface area contributed by atoms with Crippen LogP contribution < -0.4 is 11.1 Å². The highest BCUT2D eigenvalue weighted by molar-refractivity contribution is 7.21. The first kappa shape index (κ1) is 13.5. The van der Waals surface area contributed by atoms with E-state index in [-0.39, 0.29) is 5.82 Å². The van der Waals surface area contributed by atoms with Gasteiger partial charge < -0.3 is 11.1 Å². The van der Waals surface area contributed by atoms with E-state index < -0.39 is 5.91 Å². The van der Waals surface area contributed by atoms with Crippen LogP contribution in [0.25, 0.3) is 10.1 Å². The molecule has 21 heavy (non-hydrogen) atoms. The van der Waals surface area contributed by atoms with Crippen LogP contribution in [0.4, 0.5) is 15.8 Å².